The van der Waals surface area contributed by atoms with Crippen molar-refractivity contribution in [1.82, 2.24) is 14.5 Å². The van der Waals surface area contributed by atoms with E-state index in [0.29, 0.717) is 11.4 Å². The maximum absolute atomic E-state index is 12.6. The van der Waals surface area contributed by atoms with Crippen molar-refractivity contribution in [3.05, 3.63) is 167 Å². The van der Waals surface area contributed by atoms with E-state index >= 15 is 0 Å². The number of aromatic hydroxyl groups is 1. The minimum Gasteiger partial charge on any atom is -0.507 e. The molecular weight excluding hydrogens is 803 g/mol. The first-order valence-electron chi connectivity index (χ1n) is 24.0. The predicted octanol–water partition coefficient (Wildman–Crippen LogP) is 17.1. The number of nitrogens with zero attached hydrogens (tertiary/aromatic N) is 3. The van der Waals surface area contributed by atoms with E-state index in [1.54, 1.807) is 0 Å². The van der Waals surface area contributed by atoms with Crippen LogP contribution in [0.5, 0.6) is 5.75 Å². The Morgan fingerprint density at radius 2 is 1.15 bits per heavy atom. The standard InChI is InChI=1S/C62H69N3O/c1-38(2)40-20-22-41(23-21-40)43-29-30-63-53(35-43)45-32-44(33-47(34-45)60(7,8)9)49-17-16-18-55-56(49)64-58(51-36-48(61(10,11)12)37-52(57(51)66)62(13,14)15)65(55)54-28-19-39(3)31-50(54)42-24-26-46(27-25-42)59(4,5)6/h16-38,66H,1-15H3/i38D. The Morgan fingerprint density at radius 3 is 1.77 bits per heavy atom. The van der Waals surface area contributed by atoms with Crippen LogP contribution in [0.4, 0.5) is 0 Å². The third-order valence-corrected chi connectivity index (χ3v) is 13.1. The number of hydrogen-bond donors (Lipinski definition) is 1. The predicted molar refractivity (Wildman–Crippen MR) is 281 cm³/mol. The van der Waals surface area contributed by atoms with E-state index in [1.165, 1.54) is 11.1 Å². The van der Waals surface area contributed by atoms with E-state index in [-0.39, 0.29) is 27.4 Å². The minimum atomic E-state index is -0.668. The molecule has 6 aromatic carbocycles. The fourth-order valence-corrected chi connectivity index (χ4v) is 8.92. The van der Waals surface area contributed by atoms with Gasteiger partial charge in [-0.2, -0.15) is 0 Å². The average Bonchev–Trinajstić information content (AvgIpc) is 3.64. The van der Waals surface area contributed by atoms with Crippen LogP contribution < -0.4 is 0 Å². The van der Waals surface area contributed by atoms with Gasteiger partial charge in [0, 0.05) is 29.8 Å². The van der Waals surface area contributed by atoms with Gasteiger partial charge >= 0.3 is 0 Å². The largest absolute Gasteiger partial charge is 0.507 e. The van der Waals surface area contributed by atoms with Gasteiger partial charge in [0.15, 0.2) is 0 Å². The Morgan fingerprint density at radius 1 is 0.530 bits per heavy atom. The molecule has 0 amide bonds. The molecule has 0 aliphatic rings. The molecule has 0 saturated heterocycles. The van der Waals surface area contributed by atoms with Crippen molar-refractivity contribution in [3.63, 3.8) is 0 Å². The van der Waals surface area contributed by atoms with Gasteiger partial charge in [-0.3, -0.25) is 9.55 Å². The molecule has 4 nitrogen and oxygen atoms in total. The number of aryl methyl sites for hydroxylation is 1. The fraction of sp³-hybridized carbons (Fsp3) is 0.323. The van der Waals surface area contributed by atoms with Crippen LogP contribution >= 0.6 is 0 Å². The van der Waals surface area contributed by atoms with E-state index in [1.807, 2.05) is 20.0 Å². The van der Waals surface area contributed by atoms with Crippen molar-refractivity contribution < 1.29 is 6.48 Å². The van der Waals surface area contributed by atoms with E-state index < -0.39 is 5.89 Å². The second kappa shape index (κ2) is 16.9. The molecule has 0 aliphatic carbocycles. The van der Waals surface area contributed by atoms with Gasteiger partial charge in [-0.1, -0.05) is 181 Å². The first kappa shape index (κ1) is 44.9. The Balaban J connectivity index is 1.41. The molecule has 0 unspecified atom stereocenters. The summed E-state index contributed by atoms with van der Waals surface area (Å²) in [7, 11) is 0. The molecule has 338 valence electrons. The Bertz CT molecular complexity index is 3140. The highest BCUT2D eigenvalue weighted by Gasteiger charge is 2.30. The van der Waals surface area contributed by atoms with Crippen molar-refractivity contribution in [2.45, 2.75) is 131 Å². The van der Waals surface area contributed by atoms with E-state index in [2.05, 4.69) is 222 Å². The molecule has 0 radical (unpaired) electrons. The van der Waals surface area contributed by atoms with Crippen LogP contribution in [0.1, 0.15) is 138 Å². The highest BCUT2D eigenvalue weighted by atomic mass is 16.3. The first-order valence-corrected chi connectivity index (χ1v) is 23.5. The number of pyridine rings is 1. The lowest BCUT2D eigenvalue weighted by atomic mass is 9.79. The molecule has 1 N–H and O–H groups in total. The number of phenols is 1. The highest BCUT2D eigenvalue weighted by molar-refractivity contribution is 5.98. The van der Waals surface area contributed by atoms with Crippen LogP contribution in [0.25, 0.3) is 72.7 Å². The van der Waals surface area contributed by atoms with Gasteiger partial charge in [-0.25, -0.2) is 4.98 Å². The summed E-state index contributed by atoms with van der Waals surface area (Å²) in [5.41, 5.74) is 17.8. The van der Waals surface area contributed by atoms with Gasteiger partial charge in [0.1, 0.15) is 11.6 Å². The molecule has 8 aromatic rings. The summed E-state index contributed by atoms with van der Waals surface area (Å²) in [6.45, 7) is 32.7. The highest BCUT2D eigenvalue weighted by Crippen LogP contribution is 2.46. The van der Waals surface area contributed by atoms with Gasteiger partial charge in [-0.05, 0) is 128 Å². The van der Waals surface area contributed by atoms with Crippen molar-refractivity contribution in [1.29, 1.82) is 0 Å². The van der Waals surface area contributed by atoms with Gasteiger partial charge in [0.25, 0.3) is 0 Å². The third kappa shape index (κ3) is 9.12. The van der Waals surface area contributed by atoms with Crippen molar-refractivity contribution >= 4 is 11.0 Å². The molecular formula is C62H69N3O. The number of rotatable bonds is 7. The fourth-order valence-electron chi connectivity index (χ4n) is 8.92. The summed E-state index contributed by atoms with van der Waals surface area (Å²) in [6.07, 6.45) is 1.89. The molecule has 0 aliphatic heterocycles. The second-order valence-electron chi connectivity index (χ2n) is 22.8. The van der Waals surface area contributed by atoms with Crippen LogP contribution in [0.3, 0.4) is 0 Å². The number of hydrogen-bond acceptors (Lipinski definition) is 3. The van der Waals surface area contributed by atoms with E-state index in [0.717, 1.165) is 83.6 Å². The zero-order valence-corrected chi connectivity index (χ0v) is 42.0. The van der Waals surface area contributed by atoms with Gasteiger partial charge in [0.2, 0.25) is 0 Å². The maximum atomic E-state index is 12.6. The molecule has 0 atom stereocenters. The third-order valence-electron chi connectivity index (χ3n) is 13.1. The van der Waals surface area contributed by atoms with Crippen molar-refractivity contribution in [3.8, 4) is 67.5 Å². The summed E-state index contributed by atoms with van der Waals surface area (Å²) in [5.74, 6) is 0.273. The molecule has 8 rings (SSSR count). The lowest BCUT2D eigenvalue weighted by molar-refractivity contribution is 0.446. The van der Waals surface area contributed by atoms with Crippen LogP contribution in [-0.4, -0.2) is 19.6 Å². The number of phenolic OH excluding ortho intramolecular Hbond substituents is 1. The first-order chi connectivity index (χ1) is 31.2. The van der Waals surface area contributed by atoms with E-state index in [9.17, 15) is 5.11 Å². The summed E-state index contributed by atoms with van der Waals surface area (Å²) >= 11 is 0. The lowest BCUT2D eigenvalue weighted by Gasteiger charge is -2.27. The Hall–Kier alpha value is -6.26. The number of aromatic nitrogens is 3. The summed E-state index contributed by atoms with van der Waals surface area (Å²) < 4.78 is 10.8. The molecule has 2 heterocycles. The van der Waals surface area contributed by atoms with Crippen molar-refractivity contribution in [2.75, 3.05) is 0 Å². The second-order valence-corrected chi connectivity index (χ2v) is 22.8. The maximum Gasteiger partial charge on any atom is 0.149 e. The molecule has 0 fully saturated rings. The van der Waals surface area contributed by atoms with Crippen LogP contribution in [0.2, 0.25) is 0 Å². The smallest absolute Gasteiger partial charge is 0.149 e. The van der Waals surface area contributed by atoms with Gasteiger partial charge in [-0.15, -0.1) is 0 Å². The summed E-state index contributed by atoms with van der Waals surface area (Å²) in [6, 6.07) is 45.9. The SMILES string of the molecule is [2H]C(C)(C)c1ccc(-c2ccnc(-c3cc(-c4cccc5c4nc(-c4cc(C(C)(C)C)cc(C(C)(C)C)c4O)n5-c4ccc(C)cc4-c4ccc(C(C)(C)C)cc4)cc(C(C)(C)C)c3)c2)cc1. The number of para-hydroxylation sites is 1. The molecule has 4 heteroatoms. The Kier molecular flexibility index (Phi) is 11.5. The molecule has 2 aromatic heterocycles. The van der Waals surface area contributed by atoms with E-state index in [4.69, 9.17) is 11.3 Å². The molecule has 0 saturated carbocycles. The molecule has 0 spiro atoms. The zero-order chi connectivity index (χ0) is 48.6. The molecule has 66 heavy (non-hydrogen) atoms. The lowest BCUT2D eigenvalue weighted by Crippen LogP contribution is -2.17. The Labute approximate surface area is 396 Å². The number of fused-ring (bicyclic) bond motifs is 1. The van der Waals surface area contributed by atoms with Crippen LogP contribution in [-0.2, 0) is 21.7 Å². The summed E-state index contributed by atoms with van der Waals surface area (Å²) in [4.78, 5) is 10.7. The zero-order valence-electron chi connectivity index (χ0n) is 43.0. The van der Waals surface area contributed by atoms with Gasteiger partial charge < -0.3 is 5.11 Å². The monoisotopic (exact) mass is 873 g/mol. The quantitative estimate of drug-likeness (QED) is 0.174. The topological polar surface area (TPSA) is 50.9 Å². The minimum absolute atomic E-state index is 0.0219. The van der Waals surface area contributed by atoms with Gasteiger partial charge in [0.05, 0.1) is 28.0 Å². The van der Waals surface area contributed by atoms with Crippen molar-refractivity contribution in [2.24, 2.45) is 0 Å². The number of imidazole rings is 1. The van der Waals surface area contributed by atoms with Crippen LogP contribution in [0.15, 0.2) is 134 Å². The average molecular weight is 873 g/mol. The molecule has 0 bridgehead atoms. The number of benzene rings is 6. The van der Waals surface area contributed by atoms with Crippen LogP contribution in [0, 0.1) is 6.92 Å². The normalized spacial score (nSPS) is 13.0. The summed E-state index contributed by atoms with van der Waals surface area (Å²) in [5, 5.41) is 12.6.